The second-order valence-electron chi connectivity index (χ2n) is 2.56. The lowest BCUT2D eigenvalue weighted by atomic mass is 10.5. The molecule has 2 aromatic heterocycles. The molecule has 0 amide bonds. The molecule has 0 fully saturated rings. The predicted octanol–water partition coefficient (Wildman–Crippen LogP) is 3.45. The number of halogens is 3. The van der Waals surface area contributed by atoms with Crippen LogP contribution in [0.4, 0.5) is 0 Å². The first kappa shape index (κ1) is 10.1. The molecular weight excluding hydrogens is 333 g/mol. The van der Waals surface area contributed by atoms with Gasteiger partial charge < -0.3 is 0 Å². The van der Waals surface area contributed by atoms with Crippen LogP contribution in [-0.4, -0.2) is 14.8 Å². The molecule has 0 saturated carbocycles. The van der Waals surface area contributed by atoms with Crippen molar-refractivity contribution in [1.82, 2.24) is 14.8 Å². The van der Waals surface area contributed by atoms with E-state index in [-0.39, 0.29) is 0 Å². The summed E-state index contributed by atoms with van der Waals surface area (Å²) in [6.07, 6.45) is 4.97. The van der Waals surface area contributed by atoms with Crippen LogP contribution >= 0.6 is 43.5 Å². The maximum absolute atomic E-state index is 5.76. The monoisotopic (exact) mass is 335 g/mol. The zero-order valence-corrected chi connectivity index (χ0v) is 10.7. The molecule has 2 rings (SSSR count). The molecule has 0 saturated heterocycles. The van der Waals surface area contributed by atoms with Crippen LogP contribution in [0.3, 0.4) is 0 Å². The molecule has 72 valence electrons. The number of hydrogen-bond acceptors (Lipinski definition) is 2. The maximum atomic E-state index is 5.76. The van der Waals surface area contributed by atoms with Crippen LogP contribution in [0.25, 0.3) is 5.82 Å². The Hall–Kier alpha value is -0.390. The SMILES string of the molecule is Clc1cnn(-c2ncc(Br)cc2Br)c1. The lowest BCUT2D eigenvalue weighted by molar-refractivity contribution is 0.841. The Balaban J connectivity index is 2.52. The van der Waals surface area contributed by atoms with Crippen molar-refractivity contribution in [3.63, 3.8) is 0 Å². The van der Waals surface area contributed by atoms with Crippen LogP contribution < -0.4 is 0 Å². The molecular formula is C8H4Br2ClN3. The number of aromatic nitrogens is 3. The van der Waals surface area contributed by atoms with Gasteiger partial charge in [-0.15, -0.1) is 0 Å². The highest BCUT2D eigenvalue weighted by Crippen LogP contribution is 2.22. The van der Waals surface area contributed by atoms with Crippen molar-refractivity contribution in [1.29, 1.82) is 0 Å². The first-order valence-corrected chi connectivity index (χ1v) is 5.65. The van der Waals surface area contributed by atoms with Crippen LogP contribution in [0.5, 0.6) is 0 Å². The predicted molar refractivity (Wildman–Crippen MR) is 61.8 cm³/mol. The van der Waals surface area contributed by atoms with Gasteiger partial charge in [0.1, 0.15) is 0 Å². The standard InChI is InChI=1S/C8H4Br2ClN3/c9-5-1-7(10)8(12-2-5)14-4-6(11)3-13-14/h1-4H. The summed E-state index contributed by atoms with van der Waals surface area (Å²) in [7, 11) is 0. The molecule has 14 heavy (non-hydrogen) atoms. The van der Waals surface area contributed by atoms with Crippen LogP contribution in [0, 0.1) is 0 Å². The van der Waals surface area contributed by atoms with Gasteiger partial charge in [-0.3, -0.25) is 0 Å². The Morgan fingerprint density at radius 2 is 2.07 bits per heavy atom. The average molecular weight is 337 g/mol. The van der Waals surface area contributed by atoms with Gasteiger partial charge in [-0.25, -0.2) is 9.67 Å². The second-order valence-corrected chi connectivity index (χ2v) is 4.77. The molecule has 0 aliphatic carbocycles. The highest BCUT2D eigenvalue weighted by Gasteiger charge is 2.05. The third kappa shape index (κ3) is 1.99. The van der Waals surface area contributed by atoms with Crippen molar-refractivity contribution >= 4 is 43.5 Å². The molecule has 2 aromatic rings. The number of rotatable bonds is 1. The molecule has 0 radical (unpaired) electrons. The second kappa shape index (κ2) is 4.00. The molecule has 0 spiro atoms. The number of pyridine rings is 1. The van der Waals surface area contributed by atoms with E-state index in [0.717, 1.165) is 8.95 Å². The molecule has 0 bridgehead atoms. The van der Waals surface area contributed by atoms with Gasteiger partial charge in [0, 0.05) is 10.7 Å². The van der Waals surface area contributed by atoms with Gasteiger partial charge in [0.05, 0.1) is 21.9 Å². The first-order chi connectivity index (χ1) is 6.66. The molecule has 0 aliphatic heterocycles. The highest BCUT2D eigenvalue weighted by atomic mass is 79.9. The molecule has 3 nitrogen and oxygen atoms in total. The maximum Gasteiger partial charge on any atom is 0.167 e. The van der Waals surface area contributed by atoms with Crippen LogP contribution in [-0.2, 0) is 0 Å². The molecule has 2 heterocycles. The van der Waals surface area contributed by atoms with E-state index < -0.39 is 0 Å². The first-order valence-electron chi connectivity index (χ1n) is 3.68. The van der Waals surface area contributed by atoms with Crippen LogP contribution in [0.15, 0.2) is 33.6 Å². The molecule has 0 atom stereocenters. The van der Waals surface area contributed by atoms with E-state index in [2.05, 4.69) is 41.9 Å². The van der Waals surface area contributed by atoms with E-state index in [1.807, 2.05) is 6.07 Å². The molecule has 0 aliphatic rings. The Bertz CT molecular complexity index is 469. The quantitative estimate of drug-likeness (QED) is 0.798. The summed E-state index contributed by atoms with van der Waals surface area (Å²) in [5, 5.41) is 4.64. The average Bonchev–Trinajstić information content (AvgIpc) is 2.51. The van der Waals surface area contributed by atoms with Crippen molar-refractivity contribution in [2.45, 2.75) is 0 Å². The third-order valence-corrected chi connectivity index (χ3v) is 2.77. The Kier molecular flexibility index (Phi) is 2.90. The molecule has 0 N–H and O–H groups in total. The minimum absolute atomic E-state index is 0.585. The van der Waals surface area contributed by atoms with Gasteiger partial charge in [0.2, 0.25) is 0 Å². The van der Waals surface area contributed by atoms with Crippen molar-refractivity contribution in [3.05, 3.63) is 38.6 Å². The van der Waals surface area contributed by atoms with E-state index in [4.69, 9.17) is 11.6 Å². The van der Waals surface area contributed by atoms with E-state index in [1.54, 1.807) is 23.3 Å². The van der Waals surface area contributed by atoms with Crippen molar-refractivity contribution < 1.29 is 0 Å². The largest absolute Gasteiger partial charge is 0.235 e. The summed E-state index contributed by atoms with van der Waals surface area (Å²) in [6, 6.07) is 1.90. The highest BCUT2D eigenvalue weighted by molar-refractivity contribution is 9.11. The van der Waals surface area contributed by atoms with E-state index in [1.165, 1.54) is 0 Å². The van der Waals surface area contributed by atoms with Crippen molar-refractivity contribution in [2.75, 3.05) is 0 Å². The van der Waals surface area contributed by atoms with E-state index >= 15 is 0 Å². The van der Waals surface area contributed by atoms with Gasteiger partial charge >= 0.3 is 0 Å². The zero-order valence-electron chi connectivity index (χ0n) is 6.78. The van der Waals surface area contributed by atoms with Gasteiger partial charge in [-0.1, -0.05) is 11.6 Å². The summed E-state index contributed by atoms with van der Waals surface area (Å²) in [6.45, 7) is 0. The fourth-order valence-electron chi connectivity index (χ4n) is 0.993. The summed E-state index contributed by atoms with van der Waals surface area (Å²) in [5.74, 6) is 0.708. The van der Waals surface area contributed by atoms with Crippen molar-refractivity contribution in [2.24, 2.45) is 0 Å². The summed E-state index contributed by atoms with van der Waals surface area (Å²) < 4.78 is 3.37. The Morgan fingerprint density at radius 1 is 1.29 bits per heavy atom. The van der Waals surface area contributed by atoms with Gasteiger partial charge in [0.15, 0.2) is 5.82 Å². The lowest BCUT2D eigenvalue weighted by Gasteiger charge is -2.02. The summed E-state index contributed by atoms with van der Waals surface area (Å²) >= 11 is 12.5. The third-order valence-electron chi connectivity index (χ3n) is 1.56. The Labute approximate surface area is 102 Å². The van der Waals surface area contributed by atoms with Gasteiger partial charge in [-0.2, -0.15) is 5.10 Å². The van der Waals surface area contributed by atoms with Gasteiger partial charge in [0.25, 0.3) is 0 Å². The Morgan fingerprint density at radius 3 is 2.64 bits per heavy atom. The minimum atomic E-state index is 0.585. The van der Waals surface area contributed by atoms with Crippen LogP contribution in [0.2, 0.25) is 5.02 Å². The number of nitrogens with zero attached hydrogens (tertiary/aromatic N) is 3. The molecule has 0 unspecified atom stereocenters. The normalized spacial score (nSPS) is 10.5. The topological polar surface area (TPSA) is 30.7 Å². The fraction of sp³-hybridized carbons (Fsp3) is 0. The van der Waals surface area contributed by atoms with Gasteiger partial charge in [-0.05, 0) is 37.9 Å². The zero-order chi connectivity index (χ0) is 10.1. The lowest BCUT2D eigenvalue weighted by Crippen LogP contribution is -1.98. The van der Waals surface area contributed by atoms with E-state index in [0.29, 0.717) is 10.8 Å². The van der Waals surface area contributed by atoms with E-state index in [9.17, 15) is 0 Å². The van der Waals surface area contributed by atoms with Crippen LogP contribution in [0.1, 0.15) is 0 Å². The summed E-state index contributed by atoms with van der Waals surface area (Å²) in [4.78, 5) is 4.21. The minimum Gasteiger partial charge on any atom is -0.235 e. The molecule has 6 heteroatoms. The van der Waals surface area contributed by atoms with Crippen molar-refractivity contribution in [3.8, 4) is 5.82 Å². The smallest absolute Gasteiger partial charge is 0.167 e. The fourth-order valence-corrected chi connectivity index (χ4v) is 2.30. The summed E-state index contributed by atoms with van der Waals surface area (Å²) in [5.41, 5.74) is 0. The number of hydrogen-bond donors (Lipinski definition) is 0. The molecule has 0 aromatic carbocycles.